The maximum atomic E-state index is 9.44. The van der Waals surface area contributed by atoms with Crippen LogP contribution in [0.4, 0.5) is 5.69 Å². The number of fused-ring (bicyclic) bond motifs is 1. The second-order valence-electron chi connectivity index (χ2n) is 5.32. The molecule has 0 aliphatic heterocycles. The lowest BCUT2D eigenvalue weighted by Crippen LogP contribution is -2.20. The van der Waals surface area contributed by atoms with Crippen molar-refractivity contribution in [1.82, 2.24) is 0 Å². The largest absolute Gasteiger partial charge is 0.457 e. The van der Waals surface area contributed by atoms with Gasteiger partial charge in [0.1, 0.15) is 11.5 Å². The molecule has 0 radical (unpaired) electrons. The number of hydrogen-bond acceptors (Lipinski definition) is 3. The first-order valence-corrected chi connectivity index (χ1v) is 8.03. The molecule has 4 heteroatoms. The number of aliphatic hydroxyl groups excluding tert-OH is 1. The fourth-order valence-corrected chi connectivity index (χ4v) is 2.41. The quantitative estimate of drug-likeness (QED) is 0.648. The Labute approximate surface area is 140 Å². The van der Waals surface area contributed by atoms with Crippen molar-refractivity contribution < 1.29 is 9.84 Å². The van der Waals surface area contributed by atoms with Crippen molar-refractivity contribution in [3.8, 4) is 11.5 Å². The molecule has 0 fully saturated rings. The topological polar surface area (TPSA) is 41.5 Å². The number of nitrogens with one attached hydrogen (secondary N) is 1. The van der Waals surface area contributed by atoms with E-state index in [1.54, 1.807) is 0 Å². The first kappa shape index (κ1) is 15.7. The van der Waals surface area contributed by atoms with E-state index in [-0.39, 0.29) is 5.88 Å². The Bertz CT molecular complexity index is 774. The van der Waals surface area contributed by atoms with Crippen LogP contribution >= 0.6 is 11.6 Å². The van der Waals surface area contributed by atoms with E-state index in [4.69, 9.17) is 16.3 Å². The van der Waals surface area contributed by atoms with Crippen LogP contribution in [-0.2, 0) is 0 Å². The Morgan fingerprint density at radius 2 is 1.61 bits per heavy atom. The van der Waals surface area contributed by atoms with Crippen molar-refractivity contribution >= 4 is 28.1 Å². The highest BCUT2D eigenvalue weighted by atomic mass is 35.5. The molecule has 3 aromatic carbocycles. The van der Waals surface area contributed by atoms with Crippen LogP contribution in [0.15, 0.2) is 66.7 Å². The zero-order valence-corrected chi connectivity index (χ0v) is 13.3. The van der Waals surface area contributed by atoms with Crippen LogP contribution in [0.2, 0.25) is 0 Å². The van der Waals surface area contributed by atoms with Gasteiger partial charge in [0, 0.05) is 12.2 Å². The lowest BCUT2D eigenvalue weighted by atomic mass is 10.1. The van der Waals surface area contributed by atoms with Crippen molar-refractivity contribution in [2.45, 2.75) is 6.10 Å². The van der Waals surface area contributed by atoms with Gasteiger partial charge >= 0.3 is 0 Å². The third-order valence-electron chi connectivity index (χ3n) is 3.53. The molecule has 0 spiro atoms. The van der Waals surface area contributed by atoms with Crippen molar-refractivity contribution in [3.63, 3.8) is 0 Å². The monoisotopic (exact) mass is 327 g/mol. The predicted octanol–water partition coefficient (Wildman–Crippen LogP) is 4.64. The molecule has 0 aromatic heterocycles. The number of rotatable bonds is 6. The van der Waals surface area contributed by atoms with E-state index in [0.717, 1.165) is 22.6 Å². The number of aliphatic hydroxyl groups is 1. The molecular formula is C19H18ClNO2. The Hall–Kier alpha value is -2.23. The van der Waals surface area contributed by atoms with Gasteiger partial charge in [-0.15, -0.1) is 11.6 Å². The van der Waals surface area contributed by atoms with E-state index in [1.165, 1.54) is 5.39 Å². The second-order valence-corrected chi connectivity index (χ2v) is 5.63. The average Bonchev–Trinajstić information content (AvgIpc) is 2.60. The lowest BCUT2D eigenvalue weighted by molar-refractivity contribution is 0.211. The standard InChI is InChI=1S/C19H18ClNO2/c20-12-17(22)13-21-16-6-9-18(10-7-16)23-19-8-5-14-3-1-2-4-15(14)11-19/h1-11,17,21-22H,12-13H2. The average molecular weight is 328 g/mol. The first-order chi connectivity index (χ1) is 11.2. The minimum absolute atomic E-state index is 0.218. The number of ether oxygens (including phenoxy) is 1. The van der Waals surface area contributed by atoms with Crippen LogP contribution in [-0.4, -0.2) is 23.6 Å². The molecular weight excluding hydrogens is 310 g/mol. The van der Waals surface area contributed by atoms with Crippen molar-refractivity contribution in [3.05, 3.63) is 66.7 Å². The van der Waals surface area contributed by atoms with E-state index in [0.29, 0.717) is 6.54 Å². The predicted molar refractivity (Wildman–Crippen MR) is 95.7 cm³/mol. The molecule has 3 rings (SSSR count). The zero-order chi connectivity index (χ0) is 16.1. The van der Waals surface area contributed by atoms with Gasteiger partial charge in [0.15, 0.2) is 0 Å². The smallest absolute Gasteiger partial charge is 0.128 e. The summed E-state index contributed by atoms with van der Waals surface area (Å²) in [5, 5.41) is 14.9. The molecule has 3 aromatic rings. The zero-order valence-electron chi connectivity index (χ0n) is 12.6. The number of benzene rings is 3. The minimum Gasteiger partial charge on any atom is -0.457 e. The molecule has 0 saturated carbocycles. The van der Waals surface area contributed by atoms with Gasteiger partial charge in [-0.2, -0.15) is 0 Å². The molecule has 2 N–H and O–H groups in total. The van der Waals surface area contributed by atoms with Crippen LogP contribution in [0.25, 0.3) is 10.8 Å². The summed E-state index contributed by atoms with van der Waals surface area (Å²) in [6, 6.07) is 21.8. The fourth-order valence-electron chi connectivity index (χ4n) is 2.30. The first-order valence-electron chi connectivity index (χ1n) is 7.49. The molecule has 0 saturated heterocycles. The summed E-state index contributed by atoms with van der Waals surface area (Å²) in [7, 11) is 0. The molecule has 3 nitrogen and oxygen atoms in total. The van der Waals surface area contributed by atoms with Crippen LogP contribution in [0.1, 0.15) is 0 Å². The fraction of sp³-hybridized carbons (Fsp3) is 0.158. The summed E-state index contributed by atoms with van der Waals surface area (Å²) in [6.45, 7) is 0.425. The summed E-state index contributed by atoms with van der Waals surface area (Å²) in [5.74, 6) is 1.79. The van der Waals surface area contributed by atoms with Crippen molar-refractivity contribution in [2.75, 3.05) is 17.7 Å². The van der Waals surface area contributed by atoms with E-state index < -0.39 is 6.10 Å². The van der Waals surface area contributed by atoms with Crippen LogP contribution in [0.3, 0.4) is 0 Å². The molecule has 1 unspecified atom stereocenters. The van der Waals surface area contributed by atoms with Gasteiger partial charge in [-0.1, -0.05) is 30.3 Å². The van der Waals surface area contributed by atoms with Crippen LogP contribution in [0, 0.1) is 0 Å². The van der Waals surface area contributed by atoms with Gasteiger partial charge in [-0.25, -0.2) is 0 Å². The lowest BCUT2D eigenvalue weighted by Gasteiger charge is -2.11. The number of halogens is 1. The minimum atomic E-state index is -0.551. The third kappa shape index (κ3) is 4.15. The summed E-state index contributed by atoms with van der Waals surface area (Å²) in [6.07, 6.45) is -0.551. The highest BCUT2D eigenvalue weighted by Gasteiger charge is 2.03. The molecule has 118 valence electrons. The Balaban J connectivity index is 1.67. The van der Waals surface area contributed by atoms with Gasteiger partial charge in [-0.05, 0) is 47.2 Å². The van der Waals surface area contributed by atoms with Gasteiger partial charge in [0.2, 0.25) is 0 Å². The maximum Gasteiger partial charge on any atom is 0.128 e. The van der Waals surface area contributed by atoms with E-state index in [9.17, 15) is 5.11 Å². The molecule has 0 aliphatic rings. The normalized spacial score (nSPS) is 12.1. The third-order valence-corrected chi connectivity index (χ3v) is 3.89. The Morgan fingerprint density at radius 1 is 0.913 bits per heavy atom. The molecule has 1 atom stereocenters. The van der Waals surface area contributed by atoms with Gasteiger partial charge < -0.3 is 15.2 Å². The number of hydrogen-bond donors (Lipinski definition) is 2. The molecule has 23 heavy (non-hydrogen) atoms. The molecule has 0 amide bonds. The van der Waals surface area contributed by atoms with Crippen molar-refractivity contribution in [1.29, 1.82) is 0 Å². The highest BCUT2D eigenvalue weighted by molar-refractivity contribution is 6.18. The van der Waals surface area contributed by atoms with E-state index in [1.807, 2.05) is 54.6 Å². The highest BCUT2D eigenvalue weighted by Crippen LogP contribution is 2.26. The number of alkyl halides is 1. The van der Waals surface area contributed by atoms with Crippen LogP contribution in [0.5, 0.6) is 11.5 Å². The SMILES string of the molecule is OC(CCl)CNc1ccc(Oc2ccc3ccccc3c2)cc1. The second kappa shape index (κ2) is 7.36. The van der Waals surface area contributed by atoms with Crippen molar-refractivity contribution in [2.24, 2.45) is 0 Å². The summed E-state index contributed by atoms with van der Waals surface area (Å²) >= 11 is 5.57. The summed E-state index contributed by atoms with van der Waals surface area (Å²) < 4.78 is 5.89. The van der Waals surface area contributed by atoms with Crippen LogP contribution < -0.4 is 10.1 Å². The van der Waals surface area contributed by atoms with E-state index >= 15 is 0 Å². The summed E-state index contributed by atoms with van der Waals surface area (Å²) in [5.41, 5.74) is 0.917. The number of anilines is 1. The van der Waals surface area contributed by atoms with E-state index in [2.05, 4.69) is 17.4 Å². The molecule has 0 bridgehead atoms. The Morgan fingerprint density at radius 3 is 2.35 bits per heavy atom. The summed E-state index contributed by atoms with van der Waals surface area (Å²) in [4.78, 5) is 0. The van der Waals surface area contributed by atoms with Gasteiger partial charge in [0.05, 0.1) is 12.0 Å². The molecule has 0 heterocycles. The Kier molecular flexibility index (Phi) is 5.01. The molecule has 0 aliphatic carbocycles. The van der Waals surface area contributed by atoms with Gasteiger partial charge in [0.25, 0.3) is 0 Å². The van der Waals surface area contributed by atoms with Gasteiger partial charge in [-0.3, -0.25) is 0 Å². The maximum absolute atomic E-state index is 9.44.